The Morgan fingerprint density at radius 3 is 2.73 bits per heavy atom. The van der Waals surface area contributed by atoms with E-state index in [4.69, 9.17) is 9.47 Å². The third-order valence-corrected chi connectivity index (χ3v) is 4.53. The van der Waals surface area contributed by atoms with E-state index in [9.17, 15) is 4.79 Å². The summed E-state index contributed by atoms with van der Waals surface area (Å²) in [5.41, 5.74) is 1.54. The first-order valence-electron chi connectivity index (χ1n) is 7.90. The van der Waals surface area contributed by atoms with Gasteiger partial charge < -0.3 is 14.8 Å². The highest BCUT2D eigenvalue weighted by Gasteiger charge is 2.12. The van der Waals surface area contributed by atoms with Crippen LogP contribution in [0.3, 0.4) is 0 Å². The zero-order chi connectivity index (χ0) is 18.5. The van der Waals surface area contributed by atoms with Crippen molar-refractivity contribution < 1.29 is 14.3 Å². The van der Waals surface area contributed by atoms with Crippen LogP contribution in [0, 0.1) is 3.57 Å². The average Bonchev–Trinajstić information content (AvgIpc) is 3.08. The van der Waals surface area contributed by atoms with Crippen LogP contribution < -0.4 is 14.8 Å². The first-order valence-corrected chi connectivity index (χ1v) is 8.98. The normalized spacial score (nSPS) is 10.4. The molecule has 1 N–H and O–H groups in total. The fraction of sp³-hybridized carbons (Fsp3) is 0.158. The van der Waals surface area contributed by atoms with Gasteiger partial charge in [0.25, 0.3) is 5.91 Å². The maximum atomic E-state index is 12.5. The smallest absolute Gasteiger partial charge is 0.256 e. The Labute approximate surface area is 165 Å². The number of hydrogen-bond donors (Lipinski definition) is 1. The van der Waals surface area contributed by atoms with E-state index in [0.717, 1.165) is 14.9 Å². The number of aromatic nitrogens is 2. The number of carbonyl (C=O) groups excluding carboxylic acids is 1. The number of amides is 1. The zero-order valence-electron chi connectivity index (χ0n) is 14.4. The second kappa shape index (κ2) is 8.22. The van der Waals surface area contributed by atoms with Crippen LogP contribution in [-0.2, 0) is 6.54 Å². The van der Waals surface area contributed by atoms with Gasteiger partial charge in [0, 0.05) is 26.8 Å². The largest absolute Gasteiger partial charge is 0.497 e. The summed E-state index contributed by atoms with van der Waals surface area (Å²) >= 11 is 2.18. The molecule has 0 radical (unpaired) electrons. The predicted molar refractivity (Wildman–Crippen MR) is 108 cm³/mol. The van der Waals surface area contributed by atoms with E-state index < -0.39 is 0 Å². The van der Waals surface area contributed by atoms with Gasteiger partial charge >= 0.3 is 0 Å². The number of methoxy groups -OCH3 is 2. The SMILES string of the molecule is COc1ccc(Cn2nccc2NC(=O)c2cccc(I)c2)c(OC)c1. The third-order valence-electron chi connectivity index (χ3n) is 3.86. The number of rotatable bonds is 6. The number of hydrogen-bond acceptors (Lipinski definition) is 4. The zero-order valence-corrected chi connectivity index (χ0v) is 16.6. The molecule has 3 aromatic rings. The molecule has 1 amide bonds. The van der Waals surface area contributed by atoms with Crippen LogP contribution in [0.2, 0.25) is 0 Å². The van der Waals surface area contributed by atoms with E-state index in [1.807, 2.05) is 36.4 Å². The summed E-state index contributed by atoms with van der Waals surface area (Å²) in [5, 5.41) is 7.21. The first-order chi connectivity index (χ1) is 12.6. The van der Waals surface area contributed by atoms with Crippen molar-refractivity contribution in [1.82, 2.24) is 9.78 Å². The molecule has 0 fully saturated rings. The molecule has 0 unspecified atom stereocenters. The Balaban J connectivity index is 1.80. The van der Waals surface area contributed by atoms with E-state index >= 15 is 0 Å². The van der Waals surface area contributed by atoms with Crippen molar-refractivity contribution in [2.24, 2.45) is 0 Å². The summed E-state index contributed by atoms with van der Waals surface area (Å²) in [5.74, 6) is 1.87. The van der Waals surface area contributed by atoms with Gasteiger partial charge in [0.2, 0.25) is 0 Å². The van der Waals surface area contributed by atoms with Gasteiger partial charge in [0.1, 0.15) is 17.3 Å². The van der Waals surface area contributed by atoms with Gasteiger partial charge in [0.05, 0.1) is 27.0 Å². The summed E-state index contributed by atoms with van der Waals surface area (Å²) in [6.07, 6.45) is 1.65. The molecular formula is C19H18IN3O3. The van der Waals surface area contributed by atoms with E-state index in [-0.39, 0.29) is 5.91 Å². The lowest BCUT2D eigenvalue weighted by Crippen LogP contribution is -2.16. The average molecular weight is 463 g/mol. The molecule has 0 aliphatic heterocycles. The number of halogens is 1. The number of ether oxygens (including phenoxy) is 2. The van der Waals surface area contributed by atoms with Gasteiger partial charge in [-0.05, 0) is 52.9 Å². The van der Waals surface area contributed by atoms with Crippen LogP contribution in [0.15, 0.2) is 54.7 Å². The van der Waals surface area contributed by atoms with Crippen LogP contribution in [0.25, 0.3) is 0 Å². The third kappa shape index (κ3) is 4.16. The molecule has 2 aromatic carbocycles. The lowest BCUT2D eigenvalue weighted by Gasteiger charge is -2.13. The van der Waals surface area contributed by atoms with Gasteiger partial charge in [0.15, 0.2) is 0 Å². The second-order valence-corrected chi connectivity index (χ2v) is 6.76. The molecule has 0 saturated heterocycles. The lowest BCUT2D eigenvalue weighted by molar-refractivity contribution is 0.102. The fourth-order valence-electron chi connectivity index (χ4n) is 2.53. The molecule has 26 heavy (non-hydrogen) atoms. The Bertz CT molecular complexity index is 924. The minimum atomic E-state index is -0.174. The van der Waals surface area contributed by atoms with E-state index in [2.05, 4.69) is 33.0 Å². The van der Waals surface area contributed by atoms with Gasteiger partial charge in [-0.2, -0.15) is 5.10 Å². The molecule has 0 spiro atoms. The number of anilines is 1. The van der Waals surface area contributed by atoms with Crippen molar-refractivity contribution in [2.45, 2.75) is 6.54 Å². The number of carbonyl (C=O) groups is 1. The summed E-state index contributed by atoms with van der Waals surface area (Å²) in [7, 11) is 3.22. The monoisotopic (exact) mass is 463 g/mol. The molecule has 0 aliphatic rings. The molecule has 3 rings (SSSR count). The minimum Gasteiger partial charge on any atom is -0.497 e. The number of nitrogens with one attached hydrogen (secondary N) is 1. The highest BCUT2D eigenvalue weighted by Crippen LogP contribution is 2.26. The standard InChI is InChI=1S/C19H18IN3O3/c1-25-16-7-6-14(17(11-16)26-2)12-23-18(8-9-21-23)22-19(24)13-4-3-5-15(20)10-13/h3-11H,12H2,1-2H3,(H,22,24). The second-order valence-electron chi connectivity index (χ2n) is 5.52. The van der Waals surface area contributed by atoms with Crippen LogP contribution in [-0.4, -0.2) is 29.9 Å². The molecule has 6 nitrogen and oxygen atoms in total. The predicted octanol–water partition coefficient (Wildman–Crippen LogP) is 3.81. The maximum absolute atomic E-state index is 12.5. The van der Waals surface area contributed by atoms with E-state index in [1.165, 1.54) is 0 Å². The summed E-state index contributed by atoms with van der Waals surface area (Å²) in [6, 6.07) is 14.8. The maximum Gasteiger partial charge on any atom is 0.256 e. The van der Waals surface area contributed by atoms with Crippen LogP contribution >= 0.6 is 22.6 Å². The van der Waals surface area contributed by atoms with Crippen molar-refractivity contribution in [3.8, 4) is 11.5 Å². The topological polar surface area (TPSA) is 65.4 Å². The van der Waals surface area contributed by atoms with E-state index in [1.54, 1.807) is 37.2 Å². The van der Waals surface area contributed by atoms with Gasteiger partial charge in [-0.3, -0.25) is 4.79 Å². The van der Waals surface area contributed by atoms with E-state index in [0.29, 0.717) is 23.7 Å². The molecule has 134 valence electrons. The van der Waals surface area contributed by atoms with Crippen LogP contribution in [0.1, 0.15) is 15.9 Å². The Morgan fingerprint density at radius 1 is 1.15 bits per heavy atom. The summed E-state index contributed by atoms with van der Waals surface area (Å²) in [4.78, 5) is 12.5. The molecule has 0 atom stereocenters. The van der Waals surface area contributed by atoms with Crippen molar-refractivity contribution >= 4 is 34.3 Å². The highest BCUT2D eigenvalue weighted by molar-refractivity contribution is 14.1. The quantitative estimate of drug-likeness (QED) is 0.565. The number of benzene rings is 2. The first kappa shape index (κ1) is 18.2. The Hall–Kier alpha value is -2.55. The lowest BCUT2D eigenvalue weighted by atomic mass is 10.2. The summed E-state index contributed by atoms with van der Waals surface area (Å²) in [6.45, 7) is 0.460. The van der Waals surface area contributed by atoms with Gasteiger partial charge in [-0.15, -0.1) is 0 Å². The number of nitrogens with zero attached hydrogens (tertiary/aromatic N) is 2. The van der Waals surface area contributed by atoms with Crippen molar-refractivity contribution in [1.29, 1.82) is 0 Å². The van der Waals surface area contributed by atoms with Crippen molar-refractivity contribution in [3.63, 3.8) is 0 Å². The molecule has 1 heterocycles. The Morgan fingerprint density at radius 2 is 2.00 bits per heavy atom. The molecule has 7 heteroatoms. The molecular weight excluding hydrogens is 445 g/mol. The minimum absolute atomic E-state index is 0.174. The Kier molecular flexibility index (Phi) is 5.77. The fourth-order valence-corrected chi connectivity index (χ4v) is 3.07. The summed E-state index contributed by atoms with van der Waals surface area (Å²) < 4.78 is 13.4. The van der Waals surface area contributed by atoms with Gasteiger partial charge in [-0.1, -0.05) is 6.07 Å². The van der Waals surface area contributed by atoms with Crippen LogP contribution in [0.5, 0.6) is 11.5 Å². The molecule has 0 aliphatic carbocycles. The molecule has 1 aromatic heterocycles. The highest BCUT2D eigenvalue weighted by atomic mass is 127. The van der Waals surface area contributed by atoms with Crippen LogP contribution in [0.4, 0.5) is 5.82 Å². The van der Waals surface area contributed by atoms with Crippen molar-refractivity contribution in [2.75, 3.05) is 19.5 Å². The molecule has 0 saturated carbocycles. The van der Waals surface area contributed by atoms with Crippen molar-refractivity contribution in [3.05, 3.63) is 69.4 Å². The molecule has 0 bridgehead atoms. The van der Waals surface area contributed by atoms with Gasteiger partial charge in [-0.25, -0.2) is 4.68 Å².